The molecule has 0 saturated carbocycles. The Balaban J connectivity index is 1.23. The van der Waals surface area contributed by atoms with Crippen LogP contribution >= 0.6 is 7.14 Å². The molecule has 1 aliphatic rings. The van der Waals surface area contributed by atoms with Crippen LogP contribution in [-0.2, 0) is 14.6 Å². The van der Waals surface area contributed by atoms with Crippen LogP contribution in [0, 0.1) is 5.92 Å². The van der Waals surface area contributed by atoms with E-state index in [2.05, 4.69) is 79.0 Å². The molecular weight excluding hydrogens is 659 g/mol. The lowest BCUT2D eigenvalue weighted by Gasteiger charge is -2.50. The Morgan fingerprint density at radius 1 is 0.750 bits per heavy atom. The van der Waals surface area contributed by atoms with Gasteiger partial charge in [-0.3, -0.25) is 4.79 Å². The maximum Gasteiger partial charge on any atom is 0.223 e. The number of amides is 1. The summed E-state index contributed by atoms with van der Waals surface area (Å²) in [5, 5.41) is 19.8. The first-order chi connectivity index (χ1) is 24.8. The van der Waals surface area contributed by atoms with Gasteiger partial charge in [0, 0.05) is 39.0 Å². The molecule has 1 heterocycles. The summed E-state index contributed by atoms with van der Waals surface area (Å²) in [6.45, 7) is 12.1. The quantitative estimate of drug-likeness (QED) is 0.0984. The summed E-state index contributed by atoms with van der Waals surface area (Å²) >= 11 is 0. The van der Waals surface area contributed by atoms with Gasteiger partial charge in [0.1, 0.15) is 0 Å². The van der Waals surface area contributed by atoms with E-state index >= 15 is 0 Å². The zero-order valence-electron chi connectivity index (χ0n) is 32.0. The van der Waals surface area contributed by atoms with E-state index in [1.54, 1.807) is 0 Å². The summed E-state index contributed by atoms with van der Waals surface area (Å²) in [6, 6.07) is 39.0. The SMILES string of the molecule is CCC(CC(C/C=C/CCC(C)C(=O)NC1CC(C)(C)N([O])C(C)(C)C1)c1ccccc1)c1ccc(P(=O)(c2ccccc2)c2ccccc2)cc1. The summed E-state index contributed by atoms with van der Waals surface area (Å²) in [6.07, 6.45) is 10.4. The van der Waals surface area contributed by atoms with Crippen molar-refractivity contribution in [1.29, 1.82) is 0 Å². The van der Waals surface area contributed by atoms with Crippen molar-refractivity contribution in [1.82, 2.24) is 10.4 Å². The van der Waals surface area contributed by atoms with Gasteiger partial charge in [0.25, 0.3) is 0 Å². The molecule has 1 saturated heterocycles. The molecule has 0 spiro atoms. The molecule has 3 unspecified atom stereocenters. The van der Waals surface area contributed by atoms with Crippen molar-refractivity contribution in [2.24, 2.45) is 5.92 Å². The van der Waals surface area contributed by atoms with Gasteiger partial charge in [-0.15, -0.1) is 10.3 Å². The van der Waals surface area contributed by atoms with E-state index in [0.29, 0.717) is 24.7 Å². The maximum atomic E-state index is 14.9. The topological polar surface area (TPSA) is 69.3 Å². The lowest BCUT2D eigenvalue weighted by Crippen LogP contribution is -2.62. The predicted molar refractivity (Wildman–Crippen MR) is 217 cm³/mol. The number of nitrogens with zero attached hydrogens (tertiary/aromatic N) is 1. The Kier molecular flexibility index (Phi) is 13.2. The van der Waals surface area contributed by atoms with Crippen molar-refractivity contribution in [2.75, 3.05) is 0 Å². The fourth-order valence-electron chi connectivity index (χ4n) is 8.22. The smallest absolute Gasteiger partial charge is 0.223 e. The van der Waals surface area contributed by atoms with Crippen molar-refractivity contribution in [3.8, 4) is 0 Å². The first-order valence-corrected chi connectivity index (χ1v) is 20.9. The van der Waals surface area contributed by atoms with Gasteiger partial charge < -0.3 is 9.88 Å². The molecule has 4 aromatic rings. The van der Waals surface area contributed by atoms with E-state index in [1.165, 1.54) is 16.2 Å². The molecule has 0 aromatic heterocycles. The molecule has 0 bridgehead atoms. The number of carbonyl (C=O) groups is 1. The Hall–Kier alpha value is -3.76. The fraction of sp³-hybridized carbons (Fsp3) is 0.413. The number of piperidine rings is 1. The average molecular weight is 718 g/mol. The standard InChI is InChI=1S/C46H58N2O3P/c1-7-36(38-28-30-43(31-29-38)52(51,41-24-16-10-17-25-41)42-26-18-11-19-27-42)32-39(37-21-13-9-14-22-37)23-15-8-12-20-35(2)44(49)47-40-33-45(3,4)48(50)46(5,6)34-40/h8-11,13-19,21-22,24-31,35-36,39-40H,7,12,20,23,32-34H2,1-6H3,(H,47,49)/b15-8+. The molecule has 4 aromatic carbocycles. The third-order valence-electron chi connectivity index (χ3n) is 11.0. The minimum absolute atomic E-state index is 0.00673. The van der Waals surface area contributed by atoms with Gasteiger partial charge >= 0.3 is 0 Å². The van der Waals surface area contributed by atoms with Gasteiger partial charge in [-0.05, 0) is 95.6 Å². The fourth-order valence-corrected chi connectivity index (χ4v) is 10.9. The van der Waals surface area contributed by atoms with E-state index in [-0.39, 0.29) is 17.9 Å². The zero-order chi connectivity index (χ0) is 37.4. The molecule has 3 atom stereocenters. The van der Waals surface area contributed by atoms with Crippen LogP contribution in [-0.4, -0.2) is 28.1 Å². The van der Waals surface area contributed by atoms with Crippen LogP contribution in [0.25, 0.3) is 0 Å². The van der Waals surface area contributed by atoms with Gasteiger partial charge in [-0.1, -0.05) is 141 Å². The van der Waals surface area contributed by atoms with Crippen molar-refractivity contribution >= 4 is 29.0 Å². The number of hydrogen-bond donors (Lipinski definition) is 1. The molecule has 275 valence electrons. The third kappa shape index (κ3) is 9.42. The van der Waals surface area contributed by atoms with Gasteiger partial charge in [-0.2, -0.15) is 0 Å². The minimum atomic E-state index is -3.02. The molecule has 1 fully saturated rings. The molecule has 5 nitrogen and oxygen atoms in total. The number of benzene rings is 4. The Labute approximate surface area is 312 Å². The molecule has 1 amide bonds. The number of hydrogen-bond acceptors (Lipinski definition) is 3. The summed E-state index contributed by atoms with van der Waals surface area (Å²) in [7, 11) is -3.02. The highest BCUT2D eigenvalue weighted by Gasteiger charge is 2.46. The summed E-state index contributed by atoms with van der Waals surface area (Å²) in [4.78, 5) is 13.1. The highest BCUT2D eigenvalue weighted by molar-refractivity contribution is 7.85. The van der Waals surface area contributed by atoms with Crippen LogP contribution < -0.4 is 21.2 Å². The number of allylic oxidation sites excluding steroid dienone is 2. The zero-order valence-corrected chi connectivity index (χ0v) is 32.9. The Morgan fingerprint density at radius 2 is 1.23 bits per heavy atom. The second kappa shape index (κ2) is 17.4. The van der Waals surface area contributed by atoms with Gasteiger partial charge in [0.2, 0.25) is 5.91 Å². The first kappa shape index (κ1) is 39.4. The van der Waals surface area contributed by atoms with E-state index in [1.807, 2.05) is 95.3 Å². The Morgan fingerprint density at radius 3 is 1.75 bits per heavy atom. The van der Waals surface area contributed by atoms with Gasteiger partial charge in [0.15, 0.2) is 7.14 Å². The minimum Gasteiger partial charge on any atom is -0.353 e. The van der Waals surface area contributed by atoms with E-state index in [0.717, 1.165) is 48.0 Å². The van der Waals surface area contributed by atoms with Crippen molar-refractivity contribution in [2.45, 2.75) is 115 Å². The van der Waals surface area contributed by atoms with Crippen LogP contribution in [0.1, 0.15) is 109 Å². The predicted octanol–water partition coefficient (Wildman–Crippen LogP) is 9.84. The number of carbonyl (C=O) groups excluding carboxylic acids is 1. The molecule has 0 aliphatic carbocycles. The van der Waals surface area contributed by atoms with Crippen LogP contribution in [0.15, 0.2) is 127 Å². The number of nitrogens with one attached hydrogen (secondary N) is 1. The van der Waals surface area contributed by atoms with E-state index in [4.69, 9.17) is 0 Å². The van der Waals surface area contributed by atoms with Crippen LogP contribution in [0.4, 0.5) is 0 Å². The molecule has 5 rings (SSSR count). The summed E-state index contributed by atoms with van der Waals surface area (Å²) in [5.41, 5.74) is 1.60. The summed E-state index contributed by atoms with van der Waals surface area (Å²) in [5.74, 6) is 0.679. The average Bonchev–Trinajstić information content (AvgIpc) is 3.15. The van der Waals surface area contributed by atoms with Crippen LogP contribution in [0.3, 0.4) is 0 Å². The molecule has 52 heavy (non-hydrogen) atoms. The van der Waals surface area contributed by atoms with Crippen molar-refractivity contribution in [3.63, 3.8) is 0 Å². The third-order valence-corrected chi connectivity index (χ3v) is 14.1. The maximum absolute atomic E-state index is 14.9. The lowest BCUT2D eigenvalue weighted by atomic mass is 9.79. The van der Waals surface area contributed by atoms with Crippen molar-refractivity contribution < 1.29 is 14.6 Å². The largest absolute Gasteiger partial charge is 0.353 e. The van der Waals surface area contributed by atoms with Gasteiger partial charge in [0.05, 0.1) is 0 Å². The van der Waals surface area contributed by atoms with Gasteiger partial charge in [-0.25, -0.2) is 0 Å². The second-order valence-corrected chi connectivity index (χ2v) is 18.8. The Bertz CT molecular complexity index is 1730. The highest BCUT2D eigenvalue weighted by Crippen LogP contribution is 2.43. The molecule has 1 aliphatic heterocycles. The number of hydroxylamine groups is 2. The second-order valence-electron chi connectivity index (χ2n) is 16.0. The monoisotopic (exact) mass is 717 g/mol. The highest BCUT2D eigenvalue weighted by atomic mass is 31.2. The van der Waals surface area contributed by atoms with Crippen LogP contribution in [0.5, 0.6) is 0 Å². The van der Waals surface area contributed by atoms with Crippen molar-refractivity contribution in [3.05, 3.63) is 139 Å². The molecular formula is C46H58N2O3P. The normalized spacial score (nSPS) is 18.1. The molecule has 6 heteroatoms. The number of rotatable bonds is 15. The molecule has 1 radical (unpaired) electrons. The first-order valence-electron chi connectivity index (χ1n) is 19.1. The van der Waals surface area contributed by atoms with E-state index in [9.17, 15) is 14.6 Å². The molecule has 1 N–H and O–H groups in total. The summed E-state index contributed by atoms with van der Waals surface area (Å²) < 4.78 is 14.9. The lowest BCUT2D eigenvalue weighted by molar-refractivity contribution is -0.290. The van der Waals surface area contributed by atoms with E-state index < -0.39 is 18.2 Å². The van der Waals surface area contributed by atoms with Crippen LogP contribution in [0.2, 0.25) is 0 Å².